The van der Waals surface area contributed by atoms with Crippen LogP contribution in [0.25, 0.3) is 0 Å². The summed E-state index contributed by atoms with van der Waals surface area (Å²) in [5, 5.41) is 3.40. The molecular formula is C14H21NO. The molecule has 2 nitrogen and oxygen atoms in total. The molecule has 0 aromatic heterocycles. The van der Waals surface area contributed by atoms with Crippen molar-refractivity contribution in [1.29, 1.82) is 0 Å². The molecule has 0 bridgehead atoms. The van der Waals surface area contributed by atoms with Gasteiger partial charge in [-0.25, -0.2) is 0 Å². The molecule has 1 aromatic rings. The summed E-state index contributed by atoms with van der Waals surface area (Å²) in [5.41, 5.74) is 1.38. The van der Waals surface area contributed by atoms with Crippen LogP contribution >= 0.6 is 0 Å². The summed E-state index contributed by atoms with van der Waals surface area (Å²) in [6, 6.07) is 10.6. The Bertz CT molecular complexity index is 293. The molecule has 0 amide bonds. The van der Waals surface area contributed by atoms with Gasteiger partial charge in [-0.2, -0.15) is 0 Å². The fraction of sp³-hybridized carbons (Fsp3) is 0.571. The van der Waals surface area contributed by atoms with Crippen LogP contribution in [0, 0.1) is 5.92 Å². The van der Waals surface area contributed by atoms with Crippen molar-refractivity contribution in [2.24, 2.45) is 5.92 Å². The van der Waals surface area contributed by atoms with Gasteiger partial charge < -0.3 is 10.1 Å². The molecule has 1 saturated heterocycles. The van der Waals surface area contributed by atoms with Crippen molar-refractivity contribution < 1.29 is 4.74 Å². The normalized spacial score (nSPS) is 19.6. The summed E-state index contributed by atoms with van der Waals surface area (Å²) in [6.45, 7) is 2.28. The average Bonchev–Trinajstić information content (AvgIpc) is 2.38. The Morgan fingerprint density at radius 1 is 1.25 bits per heavy atom. The van der Waals surface area contributed by atoms with Crippen molar-refractivity contribution in [3.05, 3.63) is 35.9 Å². The number of ether oxygens (including phenoxy) is 1. The molecule has 2 rings (SSSR count). The smallest absolute Gasteiger partial charge is 0.0640 e. The molecule has 88 valence electrons. The molecule has 0 radical (unpaired) electrons. The third-order valence-electron chi connectivity index (χ3n) is 3.49. The SMILES string of the molecule is COC(Cc1ccccc1)C1CCNCC1. The molecule has 1 N–H and O–H groups in total. The van der Waals surface area contributed by atoms with Crippen LogP contribution in [0.2, 0.25) is 0 Å². The quantitative estimate of drug-likeness (QED) is 0.838. The van der Waals surface area contributed by atoms with E-state index in [4.69, 9.17) is 4.74 Å². The lowest BCUT2D eigenvalue weighted by Gasteiger charge is -2.29. The van der Waals surface area contributed by atoms with Gasteiger partial charge in [0.15, 0.2) is 0 Å². The Balaban J connectivity index is 1.94. The van der Waals surface area contributed by atoms with E-state index in [1.54, 1.807) is 0 Å². The van der Waals surface area contributed by atoms with Crippen LogP contribution in [0.4, 0.5) is 0 Å². The van der Waals surface area contributed by atoms with E-state index in [1.165, 1.54) is 18.4 Å². The van der Waals surface area contributed by atoms with Gasteiger partial charge in [0.25, 0.3) is 0 Å². The van der Waals surface area contributed by atoms with Gasteiger partial charge in [0.1, 0.15) is 0 Å². The highest BCUT2D eigenvalue weighted by Crippen LogP contribution is 2.21. The zero-order chi connectivity index (χ0) is 11.2. The molecule has 1 aliphatic rings. The van der Waals surface area contributed by atoms with Crippen LogP contribution in [0.3, 0.4) is 0 Å². The summed E-state index contributed by atoms with van der Waals surface area (Å²) in [7, 11) is 1.84. The predicted octanol–water partition coefficient (Wildman–Crippen LogP) is 2.24. The van der Waals surface area contributed by atoms with Gasteiger partial charge in [0.2, 0.25) is 0 Å². The maximum atomic E-state index is 5.67. The van der Waals surface area contributed by atoms with Crippen molar-refractivity contribution in [3.63, 3.8) is 0 Å². The summed E-state index contributed by atoms with van der Waals surface area (Å²) in [6.07, 6.45) is 3.91. The lowest BCUT2D eigenvalue weighted by Crippen LogP contribution is -2.36. The molecule has 1 atom stereocenters. The summed E-state index contributed by atoms with van der Waals surface area (Å²) in [5.74, 6) is 0.714. The third kappa shape index (κ3) is 3.06. The van der Waals surface area contributed by atoms with Gasteiger partial charge in [0, 0.05) is 7.11 Å². The number of hydrogen-bond acceptors (Lipinski definition) is 2. The van der Waals surface area contributed by atoms with E-state index in [9.17, 15) is 0 Å². The van der Waals surface area contributed by atoms with Crippen molar-refractivity contribution >= 4 is 0 Å². The van der Waals surface area contributed by atoms with Crippen molar-refractivity contribution in [3.8, 4) is 0 Å². The first-order valence-corrected chi connectivity index (χ1v) is 6.17. The number of piperidine rings is 1. The first kappa shape index (κ1) is 11.6. The second kappa shape index (κ2) is 6.02. The van der Waals surface area contributed by atoms with E-state index in [2.05, 4.69) is 35.6 Å². The minimum Gasteiger partial charge on any atom is -0.381 e. The first-order valence-electron chi connectivity index (χ1n) is 6.17. The Hall–Kier alpha value is -0.860. The maximum Gasteiger partial charge on any atom is 0.0640 e. The monoisotopic (exact) mass is 219 g/mol. The highest BCUT2D eigenvalue weighted by molar-refractivity contribution is 5.15. The zero-order valence-corrected chi connectivity index (χ0v) is 9.99. The van der Waals surface area contributed by atoms with Crippen LogP contribution in [0.15, 0.2) is 30.3 Å². The van der Waals surface area contributed by atoms with E-state index >= 15 is 0 Å². The maximum absolute atomic E-state index is 5.67. The lowest BCUT2D eigenvalue weighted by atomic mass is 9.88. The molecule has 0 saturated carbocycles. The Labute approximate surface area is 98.0 Å². The predicted molar refractivity (Wildman–Crippen MR) is 66.5 cm³/mol. The summed E-state index contributed by atoms with van der Waals surface area (Å²) in [4.78, 5) is 0. The van der Waals surface area contributed by atoms with Crippen molar-refractivity contribution in [2.75, 3.05) is 20.2 Å². The molecule has 1 aliphatic heterocycles. The molecule has 16 heavy (non-hydrogen) atoms. The zero-order valence-electron chi connectivity index (χ0n) is 9.99. The van der Waals surface area contributed by atoms with Crippen molar-refractivity contribution in [1.82, 2.24) is 5.32 Å². The van der Waals surface area contributed by atoms with E-state index < -0.39 is 0 Å². The molecule has 1 heterocycles. The second-order valence-electron chi connectivity index (χ2n) is 4.55. The van der Waals surface area contributed by atoms with Crippen LogP contribution in [-0.2, 0) is 11.2 Å². The van der Waals surface area contributed by atoms with Crippen LogP contribution in [0.5, 0.6) is 0 Å². The average molecular weight is 219 g/mol. The Morgan fingerprint density at radius 3 is 2.56 bits per heavy atom. The minimum absolute atomic E-state index is 0.379. The fourth-order valence-corrected chi connectivity index (χ4v) is 2.50. The van der Waals surface area contributed by atoms with E-state index in [0.717, 1.165) is 19.5 Å². The summed E-state index contributed by atoms with van der Waals surface area (Å²) < 4.78 is 5.67. The Morgan fingerprint density at radius 2 is 1.94 bits per heavy atom. The van der Waals surface area contributed by atoms with Gasteiger partial charge in [-0.1, -0.05) is 30.3 Å². The molecule has 1 unspecified atom stereocenters. The summed E-state index contributed by atoms with van der Waals surface area (Å²) >= 11 is 0. The van der Waals surface area contributed by atoms with Gasteiger partial charge in [-0.3, -0.25) is 0 Å². The number of nitrogens with one attached hydrogen (secondary N) is 1. The Kier molecular flexibility index (Phi) is 4.37. The van der Waals surface area contributed by atoms with Crippen molar-refractivity contribution in [2.45, 2.75) is 25.4 Å². The van der Waals surface area contributed by atoms with E-state index in [1.807, 2.05) is 7.11 Å². The first-order chi connectivity index (χ1) is 7.90. The highest BCUT2D eigenvalue weighted by Gasteiger charge is 2.23. The van der Waals surface area contributed by atoms with E-state index in [-0.39, 0.29) is 0 Å². The third-order valence-corrected chi connectivity index (χ3v) is 3.49. The second-order valence-corrected chi connectivity index (χ2v) is 4.55. The topological polar surface area (TPSA) is 21.3 Å². The van der Waals surface area contributed by atoms with Gasteiger partial charge in [-0.15, -0.1) is 0 Å². The standard InChI is InChI=1S/C14H21NO/c1-16-14(13-7-9-15-10-8-13)11-12-5-3-2-4-6-12/h2-6,13-15H,7-11H2,1H3. The largest absolute Gasteiger partial charge is 0.381 e. The molecule has 0 aliphatic carbocycles. The molecular weight excluding hydrogens is 198 g/mol. The molecule has 0 spiro atoms. The lowest BCUT2D eigenvalue weighted by molar-refractivity contribution is 0.0398. The van der Waals surface area contributed by atoms with Crippen LogP contribution in [-0.4, -0.2) is 26.3 Å². The van der Waals surface area contributed by atoms with Gasteiger partial charge in [-0.05, 0) is 43.8 Å². The van der Waals surface area contributed by atoms with Crippen LogP contribution < -0.4 is 5.32 Å². The number of benzene rings is 1. The fourth-order valence-electron chi connectivity index (χ4n) is 2.50. The van der Waals surface area contributed by atoms with Gasteiger partial charge >= 0.3 is 0 Å². The highest BCUT2D eigenvalue weighted by atomic mass is 16.5. The molecule has 2 heteroatoms. The number of hydrogen-bond donors (Lipinski definition) is 1. The molecule has 1 fully saturated rings. The minimum atomic E-state index is 0.379. The van der Waals surface area contributed by atoms with Crippen LogP contribution in [0.1, 0.15) is 18.4 Å². The van der Waals surface area contributed by atoms with Gasteiger partial charge in [0.05, 0.1) is 6.10 Å². The number of rotatable bonds is 4. The van der Waals surface area contributed by atoms with E-state index in [0.29, 0.717) is 12.0 Å². The number of methoxy groups -OCH3 is 1. The molecule has 1 aromatic carbocycles.